The molecule has 0 saturated carbocycles. The van der Waals surface area contributed by atoms with E-state index in [1.165, 1.54) is 32.0 Å². The van der Waals surface area contributed by atoms with Crippen LogP contribution in [0.2, 0.25) is 0 Å². The molecule has 190 valence electrons. The summed E-state index contributed by atoms with van der Waals surface area (Å²) in [6.45, 7) is 3.20. The molecule has 37 heavy (non-hydrogen) atoms. The molecule has 0 unspecified atom stereocenters. The normalized spacial score (nSPS) is 10.9. The summed E-state index contributed by atoms with van der Waals surface area (Å²) in [5, 5.41) is 19.3. The number of aromatic nitrogens is 5. The summed E-state index contributed by atoms with van der Waals surface area (Å²) >= 11 is 0. The third-order valence-corrected chi connectivity index (χ3v) is 5.01. The number of hydrazone groups is 1. The zero-order valence-electron chi connectivity index (χ0n) is 20.3. The lowest BCUT2D eigenvalue weighted by atomic mass is 10.1. The van der Waals surface area contributed by atoms with Crippen LogP contribution in [0.25, 0.3) is 17.1 Å². The van der Waals surface area contributed by atoms with Crippen LogP contribution < -0.4 is 25.4 Å². The van der Waals surface area contributed by atoms with Crippen LogP contribution in [-0.4, -0.2) is 57.6 Å². The Balaban J connectivity index is 1.64. The number of hydrogen-bond acceptors (Lipinski definition) is 12. The minimum Gasteiger partial charge on any atom is -0.493 e. The SMILES string of the molecule is COc1cc(/C=N/NC(=O)c2nnn(-c3nonc3N)c2-c2ccc(C)cc2)cc(OC)c1OC(C)=O. The number of carbonyl (C=O) groups excluding carboxylic acids is 2. The summed E-state index contributed by atoms with van der Waals surface area (Å²) in [5.41, 5.74) is 10.7. The Kier molecular flexibility index (Phi) is 7.09. The highest BCUT2D eigenvalue weighted by atomic mass is 16.6. The minimum atomic E-state index is -0.649. The Morgan fingerprint density at radius 2 is 1.78 bits per heavy atom. The predicted molar refractivity (Wildman–Crippen MR) is 130 cm³/mol. The van der Waals surface area contributed by atoms with Crippen molar-refractivity contribution in [1.29, 1.82) is 0 Å². The van der Waals surface area contributed by atoms with Crippen molar-refractivity contribution in [2.45, 2.75) is 13.8 Å². The zero-order valence-corrected chi connectivity index (χ0v) is 20.3. The maximum atomic E-state index is 13.0. The number of aryl methyl sites for hydroxylation is 1. The second-order valence-electron chi connectivity index (χ2n) is 7.58. The van der Waals surface area contributed by atoms with Crippen LogP contribution in [0.1, 0.15) is 28.5 Å². The maximum Gasteiger partial charge on any atom is 0.308 e. The van der Waals surface area contributed by atoms with E-state index in [4.69, 9.17) is 19.9 Å². The quantitative estimate of drug-likeness (QED) is 0.154. The third kappa shape index (κ3) is 5.22. The lowest BCUT2D eigenvalue weighted by Crippen LogP contribution is -2.19. The summed E-state index contributed by atoms with van der Waals surface area (Å²) < 4.78 is 21.7. The number of methoxy groups -OCH3 is 2. The van der Waals surface area contributed by atoms with Crippen molar-refractivity contribution in [3.63, 3.8) is 0 Å². The number of nitrogens with one attached hydrogen (secondary N) is 1. The van der Waals surface area contributed by atoms with Gasteiger partial charge >= 0.3 is 5.97 Å². The smallest absolute Gasteiger partial charge is 0.308 e. The monoisotopic (exact) mass is 506 g/mol. The first-order chi connectivity index (χ1) is 17.8. The van der Waals surface area contributed by atoms with Crippen molar-refractivity contribution in [2.24, 2.45) is 5.10 Å². The van der Waals surface area contributed by atoms with Gasteiger partial charge in [0.05, 0.1) is 20.4 Å². The molecule has 2 heterocycles. The fourth-order valence-corrected chi connectivity index (χ4v) is 3.33. The number of nitrogens with two attached hydrogens (primary N) is 1. The number of esters is 1. The molecule has 14 nitrogen and oxygen atoms in total. The van der Waals surface area contributed by atoms with Crippen molar-refractivity contribution in [3.05, 3.63) is 53.2 Å². The largest absolute Gasteiger partial charge is 0.493 e. The molecule has 4 aromatic rings. The molecule has 0 aliphatic heterocycles. The topological polar surface area (TPSA) is 182 Å². The summed E-state index contributed by atoms with van der Waals surface area (Å²) in [7, 11) is 2.83. The highest BCUT2D eigenvalue weighted by molar-refractivity contribution is 5.99. The molecule has 4 rings (SSSR count). The Bertz CT molecular complexity index is 1450. The Morgan fingerprint density at radius 1 is 1.11 bits per heavy atom. The van der Waals surface area contributed by atoms with Crippen LogP contribution in [0.5, 0.6) is 17.2 Å². The van der Waals surface area contributed by atoms with Crippen molar-refractivity contribution < 1.29 is 28.4 Å². The van der Waals surface area contributed by atoms with Gasteiger partial charge in [-0.2, -0.15) is 9.78 Å². The number of ether oxygens (including phenoxy) is 3. The van der Waals surface area contributed by atoms with Crippen molar-refractivity contribution >= 4 is 23.9 Å². The number of anilines is 1. The van der Waals surface area contributed by atoms with Gasteiger partial charge in [0.1, 0.15) is 5.69 Å². The van der Waals surface area contributed by atoms with Gasteiger partial charge in [-0.15, -0.1) is 5.10 Å². The average Bonchev–Trinajstić information content (AvgIpc) is 3.50. The fourth-order valence-electron chi connectivity index (χ4n) is 3.33. The number of nitrogen functional groups attached to an aromatic ring is 1. The van der Waals surface area contributed by atoms with E-state index in [0.717, 1.165) is 5.56 Å². The van der Waals surface area contributed by atoms with E-state index in [9.17, 15) is 9.59 Å². The Hall–Kier alpha value is -5.27. The number of nitrogens with zero attached hydrogens (tertiary/aromatic N) is 6. The van der Waals surface area contributed by atoms with Gasteiger partial charge in [-0.1, -0.05) is 35.0 Å². The van der Waals surface area contributed by atoms with Gasteiger partial charge in [-0.25, -0.2) is 10.1 Å². The zero-order chi connectivity index (χ0) is 26.5. The van der Waals surface area contributed by atoms with Crippen molar-refractivity contribution in [1.82, 2.24) is 30.7 Å². The molecule has 2 aromatic heterocycles. The minimum absolute atomic E-state index is 0.0247. The summed E-state index contributed by atoms with van der Waals surface area (Å²) in [4.78, 5) is 24.5. The number of benzene rings is 2. The first kappa shape index (κ1) is 24.8. The van der Waals surface area contributed by atoms with E-state index in [1.807, 2.05) is 19.1 Å². The highest BCUT2D eigenvalue weighted by Crippen LogP contribution is 2.38. The molecule has 0 spiro atoms. The van der Waals surface area contributed by atoms with Crippen LogP contribution in [0.15, 0.2) is 46.1 Å². The van der Waals surface area contributed by atoms with Crippen LogP contribution in [0.4, 0.5) is 5.82 Å². The molecule has 14 heteroatoms. The number of amides is 1. The van der Waals surface area contributed by atoms with E-state index in [-0.39, 0.29) is 34.6 Å². The molecule has 0 bridgehead atoms. The van der Waals surface area contributed by atoms with Gasteiger partial charge in [0.25, 0.3) is 5.91 Å². The summed E-state index contributed by atoms with van der Waals surface area (Å²) in [6.07, 6.45) is 1.36. The molecule has 0 aliphatic rings. The highest BCUT2D eigenvalue weighted by Gasteiger charge is 2.25. The van der Waals surface area contributed by atoms with E-state index in [2.05, 4.69) is 35.8 Å². The Labute approximate surface area is 210 Å². The first-order valence-corrected chi connectivity index (χ1v) is 10.7. The number of rotatable bonds is 8. The van der Waals surface area contributed by atoms with Crippen LogP contribution in [0, 0.1) is 6.92 Å². The summed E-state index contributed by atoms with van der Waals surface area (Å²) in [5.74, 6) is -0.522. The maximum absolute atomic E-state index is 13.0. The van der Waals surface area contributed by atoms with E-state index in [0.29, 0.717) is 16.8 Å². The van der Waals surface area contributed by atoms with Gasteiger partial charge < -0.3 is 19.9 Å². The Morgan fingerprint density at radius 3 is 2.35 bits per heavy atom. The van der Waals surface area contributed by atoms with Gasteiger partial charge in [-0.3, -0.25) is 9.59 Å². The lowest BCUT2D eigenvalue weighted by Gasteiger charge is -2.13. The molecule has 0 aliphatic carbocycles. The molecule has 0 fully saturated rings. The van der Waals surface area contributed by atoms with Gasteiger partial charge in [0.15, 0.2) is 17.2 Å². The molecular formula is C23H22N8O6. The van der Waals surface area contributed by atoms with Gasteiger partial charge in [-0.05, 0) is 29.4 Å². The first-order valence-electron chi connectivity index (χ1n) is 10.7. The predicted octanol–water partition coefficient (Wildman–Crippen LogP) is 1.91. The van der Waals surface area contributed by atoms with Crippen molar-refractivity contribution in [3.8, 4) is 34.3 Å². The van der Waals surface area contributed by atoms with Gasteiger partial charge in [0.2, 0.25) is 17.4 Å². The molecule has 0 radical (unpaired) electrons. The molecule has 2 aromatic carbocycles. The molecule has 1 amide bonds. The van der Waals surface area contributed by atoms with E-state index >= 15 is 0 Å². The van der Waals surface area contributed by atoms with Crippen LogP contribution in [0.3, 0.4) is 0 Å². The van der Waals surface area contributed by atoms with Gasteiger partial charge in [0, 0.05) is 18.1 Å². The molecule has 0 saturated heterocycles. The van der Waals surface area contributed by atoms with Crippen LogP contribution in [-0.2, 0) is 4.79 Å². The number of carbonyl (C=O) groups is 2. The standard InChI is InChI=1S/C23H22N8O6/c1-12-5-7-15(8-6-12)19-18(26-30-31(19)22-21(24)28-37-29-22)23(33)27-25-11-14-9-16(34-3)20(36-13(2)32)17(10-14)35-4/h5-11H,1-4H3,(H2,24,28)(H,27,33)/b25-11+. The molecular weight excluding hydrogens is 484 g/mol. The fraction of sp³-hybridized carbons (Fsp3) is 0.174. The molecule has 3 N–H and O–H groups in total. The van der Waals surface area contributed by atoms with Crippen LogP contribution >= 0.6 is 0 Å². The summed E-state index contributed by atoms with van der Waals surface area (Å²) in [6, 6.07) is 10.5. The number of hydrogen-bond donors (Lipinski definition) is 2. The van der Waals surface area contributed by atoms with E-state index in [1.54, 1.807) is 24.3 Å². The third-order valence-electron chi connectivity index (χ3n) is 5.01. The molecule has 0 atom stereocenters. The van der Waals surface area contributed by atoms with Crippen molar-refractivity contribution in [2.75, 3.05) is 20.0 Å². The average molecular weight is 506 g/mol. The lowest BCUT2D eigenvalue weighted by molar-refractivity contribution is -0.132. The second-order valence-corrected chi connectivity index (χ2v) is 7.58. The second kappa shape index (κ2) is 10.6. The van der Waals surface area contributed by atoms with E-state index < -0.39 is 11.9 Å².